The molecule has 0 aliphatic rings. The molecule has 1 rings (SSSR count). The number of amides is 1. The van der Waals surface area contributed by atoms with E-state index in [1.807, 2.05) is 0 Å². The van der Waals surface area contributed by atoms with Gasteiger partial charge in [0.1, 0.15) is 12.2 Å². The molecule has 6 nitrogen and oxygen atoms in total. The van der Waals surface area contributed by atoms with Gasteiger partial charge in [-0.3, -0.25) is 9.89 Å². The number of aromatic nitrogens is 3. The fraction of sp³-hybridized carbons (Fsp3) is 0.500. The molecule has 0 bridgehead atoms. The number of rotatable bonds is 6. The summed E-state index contributed by atoms with van der Waals surface area (Å²) in [5.74, 6) is 2.95. The Labute approximate surface area is 94.0 Å². The smallest absolute Gasteiger partial charge is 0.237 e. The third kappa shape index (κ3) is 4.11. The van der Waals surface area contributed by atoms with E-state index >= 15 is 0 Å². The normalized spacial score (nSPS) is 11.8. The van der Waals surface area contributed by atoms with Crippen LogP contribution in [0, 0.1) is 12.3 Å². The van der Waals surface area contributed by atoms with Gasteiger partial charge >= 0.3 is 0 Å². The SMILES string of the molecule is C#CCC(N)C(=O)NCCCc1ncn[nH]1. The van der Waals surface area contributed by atoms with E-state index in [0.717, 1.165) is 18.7 Å². The van der Waals surface area contributed by atoms with Gasteiger partial charge in [-0.25, -0.2) is 4.98 Å². The van der Waals surface area contributed by atoms with Crippen LogP contribution in [-0.4, -0.2) is 33.7 Å². The summed E-state index contributed by atoms with van der Waals surface area (Å²) in [5.41, 5.74) is 5.52. The molecule has 6 heteroatoms. The molecule has 0 aliphatic heterocycles. The molecule has 16 heavy (non-hydrogen) atoms. The molecule has 0 radical (unpaired) electrons. The number of hydrogen-bond acceptors (Lipinski definition) is 4. The van der Waals surface area contributed by atoms with Crippen molar-refractivity contribution in [1.29, 1.82) is 0 Å². The van der Waals surface area contributed by atoms with Gasteiger partial charge in [-0.2, -0.15) is 5.10 Å². The molecule has 0 fully saturated rings. The van der Waals surface area contributed by atoms with Gasteiger partial charge in [-0.1, -0.05) is 0 Å². The maximum absolute atomic E-state index is 11.3. The molecule has 1 aromatic heterocycles. The molecule has 0 aromatic carbocycles. The lowest BCUT2D eigenvalue weighted by atomic mass is 10.2. The first-order valence-electron chi connectivity index (χ1n) is 5.05. The van der Waals surface area contributed by atoms with Gasteiger partial charge in [0.05, 0.1) is 6.04 Å². The molecule has 0 aliphatic carbocycles. The first kappa shape index (κ1) is 12.2. The van der Waals surface area contributed by atoms with E-state index in [9.17, 15) is 4.79 Å². The fourth-order valence-electron chi connectivity index (χ4n) is 1.17. The van der Waals surface area contributed by atoms with Crippen LogP contribution in [0.2, 0.25) is 0 Å². The third-order valence-electron chi connectivity index (χ3n) is 2.03. The van der Waals surface area contributed by atoms with Gasteiger partial charge in [-0.05, 0) is 6.42 Å². The molecule has 1 amide bonds. The van der Waals surface area contributed by atoms with E-state index in [4.69, 9.17) is 12.2 Å². The lowest BCUT2D eigenvalue weighted by Gasteiger charge is -2.08. The Morgan fingerprint density at radius 3 is 3.19 bits per heavy atom. The molecule has 0 saturated carbocycles. The van der Waals surface area contributed by atoms with Crippen LogP contribution in [-0.2, 0) is 11.2 Å². The first-order chi connectivity index (χ1) is 7.74. The molecule has 1 aromatic rings. The van der Waals surface area contributed by atoms with Gasteiger partial charge in [0.2, 0.25) is 5.91 Å². The first-order valence-corrected chi connectivity index (χ1v) is 5.05. The van der Waals surface area contributed by atoms with Crippen molar-refractivity contribution in [2.24, 2.45) is 5.73 Å². The zero-order chi connectivity index (χ0) is 11.8. The number of aromatic amines is 1. The highest BCUT2D eigenvalue weighted by Crippen LogP contribution is 1.92. The van der Waals surface area contributed by atoms with Gasteiger partial charge < -0.3 is 11.1 Å². The maximum atomic E-state index is 11.3. The van der Waals surface area contributed by atoms with Crippen molar-refractivity contribution in [2.45, 2.75) is 25.3 Å². The van der Waals surface area contributed by atoms with Gasteiger partial charge in [0.25, 0.3) is 0 Å². The number of nitrogens with one attached hydrogen (secondary N) is 2. The Balaban J connectivity index is 2.11. The van der Waals surface area contributed by atoms with Crippen LogP contribution in [0.5, 0.6) is 0 Å². The molecular weight excluding hydrogens is 206 g/mol. The molecule has 1 unspecified atom stereocenters. The Bertz CT molecular complexity index is 354. The minimum Gasteiger partial charge on any atom is -0.355 e. The van der Waals surface area contributed by atoms with Gasteiger partial charge in [0.15, 0.2) is 0 Å². The van der Waals surface area contributed by atoms with E-state index in [0.29, 0.717) is 6.54 Å². The number of H-pyrrole nitrogens is 1. The van der Waals surface area contributed by atoms with Crippen molar-refractivity contribution < 1.29 is 4.79 Å². The van der Waals surface area contributed by atoms with Crippen LogP contribution in [0.4, 0.5) is 0 Å². The molecule has 4 N–H and O–H groups in total. The summed E-state index contributed by atoms with van der Waals surface area (Å²) in [6.45, 7) is 0.553. The van der Waals surface area contributed by atoms with Gasteiger partial charge in [-0.15, -0.1) is 12.3 Å². The number of carbonyl (C=O) groups excluding carboxylic acids is 1. The largest absolute Gasteiger partial charge is 0.355 e. The zero-order valence-electron chi connectivity index (χ0n) is 8.94. The molecule has 0 saturated heterocycles. The Morgan fingerprint density at radius 2 is 2.56 bits per heavy atom. The standard InChI is InChI=1S/C10H15N5O/c1-2-4-8(11)10(16)12-6-3-5-9-13-7-14-15-9/h1,7-8H,3-6,11H2,(H,12,16)(H,13,14,15). The lowest BCUT2D eigenvalue weighted by molar-refractivity contribution is -0.122. The lowest BCUT2D eigenvalue weighted by Crippen LogP contribution is -2.40. The molecular formula is C10H15N5O. The summed E-state index contributed by atoms with van der Waals surface area (Å²) in [4.78, 5) is 15.3. The van der Waals surface area contributed by atoms with Crippen LogP contribution in [0.3, 0.4) is 0 Å². The second kappa shape index (κ2) is 6.58. The number of nitrogens with two attached hydrogens (primary N) is 1. The molecule has 86 valence electrons. The van der Waals surface area contributed by atoms with Crippen molar-refractivity contribution in [2.75, 3.05) is 6.54 Å². The summed E-state index contributed by atoms with van der Waals surface area (Å²) >= 11 is 0. The highest BCUT2D eigenvalue weighted by Gasteiger charge is 2.10. The highest BCUT2D eigenvalue weighted by atomic mass is 16.2. The second-order valence-corrected chi connectivity index (χ2v) is 3.34. The van der Waals surface area contributed by atoms with Crippen molar-refractivity contribution >= 4 is 5.91 Å². The Kier molecular flexibility index (Phi) is 5.02. The predicted molar refractivity (Wildman–Crippen MR) is 59.1 cm³/mol. The average Bonchev–Trinajstić information content (AvgIpc) is 2.77. The average molecular weight is 221 g/mol. The Morgan fingerprint density at radius 1 is 1.75 bits per heavy atom. The van der Waals surface area contributed by atoms with Crippen LogP contribution in [0.1, 0.15) is 18.7 Å². The van der Waals surface area contributed by atoms with Crippen molar-refractivity contribution in [3.63, 3.8) is 0 Å². The monoisotopic (exact) mass is 221 g/mol. The van der Waals surface area contributed by atoms with Crippen LogP contribution in [0.25, 0.3) is 0 Å². The number of terminal acetylenes is 1. The van der Waals surface area contributed by atoms with Crippen LogP contribution >= 0.6 is 0 Å². The van der Waals surface area contributed by atoms with E-state index in [1.54, 1.807) is 0 Å². The van der Waals surface area contributed by atoms with Crippen molar-refractivity contribution in [3.05, 3.63) is 12.2 Å². The summed E-state index contributed by atoms with van der Waals surface area (Å²) in [6, 6.07) is -0.615. The van der Waals surface area contributed by atoms with Crippen molar-refractivity contribution in [1.82, 2.24) is 20.5 Å². The number of carbonyl (C=O) groups is 1. The maximum Gasteiger partial charge on any atom is 0.237 e. The topological polar surface area (TPSA) is 96.7 Å². The summed E-state index contributed by atoms with van der Waals surface area (Å²) in [6.07, 6.45) is 8.29. The van der Waals surface area contributed by atoms with Crippen LogP contribution < -0.4 is 11.1 Å². The van der Waals surface area contributed by atoms with E-state index in [1.165, 1.54) is 6.33 Å². The summed E-state index contributed by atoms with van der Waals surface area (Å²) < 4.78 is 0. The molecule has 0 spiro atoms. The quantitative estimate of drug-likeness (QED) is 0.433. The molecule has 1 atom stereocenters. The van der Waals surface area contributed by atoms with E-state index < -0.39 is 6.04 Å². The minimum absolute atomic E-state index is 0.212. The summed E-state index contributed by atoms with van der Waals surface area (Å²) in [7, 11) is 0. The van der Waals surface area contributed by atoms with Crippen molar-refractivity contribution in [3.8, 4) is 12.3 Å². The summed E-state index contributed by atoms with van der Waals surface area (Å²) in [5, 5.41) is 9.17. The fourth-order valence-corrected chi connectivity index (χ4v) is 1.17. The zero-order valence-corrected chi connectivity index (χ0v) is 8.94. The van der Waals surface area contributed by atoms with E-state index in [2.05, 4.69) is 26.4 Å². The number of nitrogens with zero attached hydrogens (tertiary/aromatic N) is 2. The van der Waals surface area contributed by atoms with Gasteiger partial charge in [0, 0.05) is 19.4 Å². The highest BCUT2D eigenvalue weighted by molar-refractivity contribution is 5.81. The minimum atomic E-state index is -0.615. The Hall–Kier alpha value is -1.87. The second-order valence-electron chi connectivity index (χ2n) is 3.34. The molecule has 1 heterocycles. The number of hydrogen-bond donors (Lipinski definition) is 3. The van der Waals surface area contributed by atoms with Crippen LogP contribution in [0.15, 0.2) is 6.33 Å². The third-order valence-corrected chi connectivity index (χ3v) is 2.03. The number of aryl methyl sites for hydroxylation is 1. The van der Waals surface area contributed by atoms with E-state index in [-0.39, 0.29) is 12.3 Å². The predicted octanol–water partition coefficient (Wildman–Crippen LogP) is -0.796.